The molecule has 0 aromatic heterocycles. The van der Waals surface area contributed by atoms with Gasteiger partial charge >= 0.3 is 0 Å². The van der Waals surface area contributed by atoms with Crippen molar-refractivity contribution in [3.8, 4) is 0 Å². The van der Waals surface area contributed by atoms with Gasteiger partial charge in [0.05, 0.1) is 17.6 Å². The Balaban J connectivity index is 0.000000980. The minimum atomic E-state index is -2.85. The SMILES string of the molecule is Cl.O=S1(=O)CCC2(CC(O)CCN2)C1. The van der Waals surface area contributed by atoms with Gasteiger partial charge in [-0.15, -0.1) is 12.4 Å². The maximum Gasteiger partial charge on any atom is 0.152 e. The van der Waals surface area contributed by atoms with Crippen molar-refractivity contribution in [2.75, 3.05) is 18.1 Å². The van der Waals surface area contributed by atoms with E-state index in [1.165, 1.54) is 0 Å². The Hall–Kier alpha value is 0.160. The van der Waals surface area contributed by atoms with Crippen LogP contribution in [0, 0.1) is 0 Å². The van der Waals surface area contributed by atoms with Gasteiger partial charge in [0.25, 0.3) is 0 Å². The third-order valence-electron chi connectivity index (χ3n) is 2.99. The maximum atomic E-state index is 11.3. The van der Waals surface area contributed by atoms with Crippen molar-refractivity contribution < 1.29 is 13.5 Å². The first-order valence-corrected chi connectivity index (χ1v) is 6.47. The second kappa shape index (κ2) is 3.96. The lowest BCUT2D eigenvalue weighted by Gasteiger charge is -2.36. The quantitative estimate of drug-likeness (QED) is 0.612. The third-order valence-corrected chi connectivity index (χ3v) is 4.81. The molecule has 2 unspecified atom stereocenters. The zero-order chi connectivity index (χ0) is 9.53. The number of hydrogen-bond acceptors (Lipinski definition) is 4. The highest BCUT2D eigenvalue weighted by molar-refractivity contribution is 7.91. The van der Waals surface area contributed by atoms with Crippen LogP contribution in [0.15, 0.2) is 0 Å². The molecule has 0 bridgehead atoms. The Morgan fingerprint density at radius 2 is 2.14 bits per heavy atom. The number of piperidine rings is 1. The lowest BCUT2D eigenvalue weighted by molar-refractivity contribution is 0.0869. The number of sulfone groups is 1. The molecule has 2 fully saturated rings. The summed E-state index contributed by atoms with van der Waals surface area (Å²) in [5.41, 5.74) is -0.309. The first-order chi connectivity index (χ1) is 6.02. The van der Waals surface area contributed by atoms with Crippen LogP contribution in [0.3, 0.4) is 0 Å². The minimum absolute atomic E-state index is 0. The molecule has 1 spiro atoms. The molecule has 84 valence electrons. The largest absolute Gasteiger partial charge is 0.393 e. The molecule has 0 saturated carbocycles. The standard InChI is InChI=1S/C8H15NO3S.ClH/c10-7-1-3-9-8(5-7)2-4-13(11,12)6-8;/h7,9-10H,1-6H2;1H. The Kier molecular flexibility index (Phi) is 3.46. The third kappa shape index (κ3) is 2.39. The summed E-state index contributed by atoms with van der Waals surface area (Å²) in [6, 6.07) is 0. The lowest BCUT2D eigenvalue weighted by Crippen LogP contribution is -2.53. The molecular weight excluding hydrogens is 226 g/mol. The molecule has 2 heterocycles. The minimum Gasteiger partial charge on any atom is -0.393 e. The van der Waals surface area contributed by atoms with Crippen LogP contribution in [0.2, 0.25) is 0 Å². The molecule has 14 heavy (non-hydrogen) atoms. The molecule has 0 radical (unpaired) electrons. The molecule has 0 aromatic rings. The van der Waals surface area contributed by atoms with Gasteiger partial charge < -0.3 is 10.4 Å². The van der Waals surface area contributed by atoms with Gasteiger partial charge in [0.1, 0.15) is 0 Å². The Morgan fingerprint density at radius 3 is 2.64 bits per heavy atom. The molecule has 0 aliphatic carbocycles. The molecule has 0 aromatic carbocycles. The van der Waals surface area contributed by atoms with E-state index in [1.807, 2.05) is 0 Å². The van der Waals surface area contributed by atoms with Crippen LogP contribution in [0.5, 0.6) is 0 Å². The van der Waals surface area contributed by atoms with Crippen LogP contribution < -0.4 is 5.32 Å². The molecular formula is C8H16ClNO3S. The van der Waals surface area contributed by atoms with Crippen LogP contribution >= 0.6 is 12.4 Å². The number of hydrogen-bond donors (Lipinski definition) is 2. The zero-order valence-electron chi connectivity index (χ0n) is 7.90. The second-order valence-electron chi connectivity index (χ2n) is 4.20. The van der Waals surface area contributed by atoms with E-state index in [1.54, 1.807) is 0 Å². The van der Waals surface area contributed by atoms with Crippen molar-refractivity contribution in [1.29, 1.82) is 0 Å². The van der Waals surface area contributed by atoms with Crippen LogP contribution in [-0.4, -0.2) is 43.2 Å². The van der Waals surface area contributed by atoms with Gasteiger partial charge in [0.15, 0.2) is 9.84 Å². The highest BCUT2D eigenvalue weighted by Gasteiger charge is 2.44. The van der Waals surface area contributed by atoms with Gasteiger partial charge in [-0.25, -0.2) is 8.42 Å². The zero-order valence-corrected chi connectivity index (χ0v) is 9.53. The predicted molar refractivity (Wildman–Crippen MR) is 56.5 cm³/mol. The fourth-order valence-corrected chi connectivity index (χ4v) is 4.40. The molecule has 4 nitrogen and oxygen atoms in total. The maximum absolute atomic E-state index is 11.3. The normalized spacial score (nSPS) is 40.8. The molecule has 6 heteroatoms. The van der Waals surface area contributed by atoms with Crippen molar-refractivity contribution in [3.05, 3.63) is 0 Å². The molecule has 2 N–H and O–H groups in total. The summed E-state index contributed by atoms with van der Waals surface area (Å²) in [5.74, 6) is 0.476. The smallest absolute Gasteiger partial charge is 0.152 e. The van der Waals surface area contributed by atoms with Crippen molar-refractivity contribution in [1.82, 2.24) is 5.32 Å². The monoisotopic (exact) mass is 241 g/mol. The van der Waals surface area contributed by atoms with E-state index in [-0.39, 0.29) is 35.6 Å². The van der Waals surface area contributed by atoms with Crippen LogP contribution in [0.25, 0.3) is 0 Å². The highest BCUT2D eigenvalue weighted by Crippen LogP contribution is 2.31. The van der Waals surface area contributed by atoms with Crippen molar-refractivity contribution in [2.45, 2.75) is 30.9 Å². The number of aliphatic hydroxyl groups is 1. The fourth-order valence-electron chi connectivity index (χ4n) is 2.35. The van der Waals surface area contributed by atoms with Crippen LogP contribution in [0.1, 0.15) is 19.3 Å². The number of halogens is 1. The van der Waals surface area contributed by atoms with E-state index in [9.17, 15) is 13.5 Å². The van der Waals surface area contributed by atoms with E-state index >= 15 is 0 Å². The Morgan fingerprint density at radius 1 is 1.43 bits per heavy atom. The van der Waals surface area contributed by atoms with Crippen molar-refractivity contribution in [2.24, 2.45) is 0 Å². The molecule has 2 aliphatic heterocycles. The van der Waals surface area contributed by atoms with Gasteiger partial charge in [-0.3, -0.25) is 0 Å². The average Bonchev–Trinajstić information content (AvgIpc) is 2.26. The van der Waals surface area contributed by atoms with Crippen LogP contribution in [-0.2, 0) is 9.84 Å². The van der Waals surface area contributed by atoms with Gasteiger partial charge in [0.2, 0.25) is 0 Å². The van der Waals surface area contributed by atoms with Crippen LogP contribution in [0.4, 0.5) is 0 Å². The van der Waals surface area contributed by atoms with Gasteiger partial charge in [0, 0.05) is 5.54 Å². The van der Waals surface area contributed by atoms with E-state index in [4.69, 9.17) is 0 Å². The average molecular weight is 242 g/mol. The molecule has 2 saturated heterocycles. The summed E-state index contributed by atoms with van der Waals surface area (Å²) in [4.78, 5) is 0. The van der Waals surface area contributed by atoms with E-state index in [2.05, 4.69) is 5.32 Å². The number of aliphatic hydroxyl groups excluding tert-OH is 1. The fraction of sp³-hybridized carbons (Fsp3) is 1.00. The van der Waals surface area contributed by atoms with Gasteiger partial charge in [-0.2, -0.15) is 0 Å². The first-order valence-electron chi connectivity index (χ1n) is 4.65. The van der Waals surface area contributed by atoms with Gasteiger partial charge in [-0.05, 0) is 25.8 Å². The lowest BCUT2D eigenvalue weighted by atomic mass is 9.87. The molecule has 0 amide bonds. The van der Waals surface area contributed by atoms with Crippen molar-refractivity contribution >= 4 is 22.2 Å². The van der Waals surface area contributed by atoms with Gasteiger partial charge in [-0.1, -0.05) is 0 Å². The molecule has 2 rings (SSSR count). The molecule has 2 atom stereocenters. The Bertz CT molecular complexity index is 306. The highest BCUT2D eigenvalue weighted by atomic mass is 35.5. The summed E-state index contributed by atoms with van der Waals surface area (Å²) < 4.78 is 22.6. The van der Waals surface area contributed by atoms with E-state index in [0.717, 1.165) is 13.0 Å². The first kappa shape index (κ1) is 12.2. The summed E-state index contributed by atoms with van der Waals surface area (Å²) in [7, 11) is -2.85. The summed E-state index contributed by atoms with van der Waals surface area (Å²) in [6.07, 6.45) is 1.66. The summed E-state index contributed by atoms with van der Waals surface area (Å²) >= 11 is 0. The van der Waals surface area contributed by atoms with Crippen molar-refractivity contribution in [3.63, 3.8) is 0 Å². The summed E-state index contributed by atoms with van der Waals surface area (Å²) in [6.45, 7) is 0.733. The number of nitrogens with one attached hydrogen (secondary N) is 1. The topological polar surface area (TPSA) is 66.4 Å². The number of rotatable bonds is 0. The van der Waals surface area contributed by atoms with E-state index < -0.39 is 9.84 Å². The second-order valence-corrected chi connectivity index (χ2v) is 6.38. The molecule has 2 aliphatic rings. The Labute approximate surface area is 90.4 Å². The van der Waals surface area contributed by atoms with E-state index in [0.29, 0.717) is 12.8 Å². The predicted octanol–water partition coefficient (Wildman–Crippen LogP) is -0.290. The summed E-state index contributed by atoms with van der Waals surface area (Å²) in [5, 5.41) is 12.7.